The summed E-state index contributed by atoms with van der Waals surface area (Å²) in [6.45, 7) is 4.02. The number of rotatable bonds is 5. The van der Waals surface area contributed by atoms with Gasteiger partial charge in [0.15, 0.2) is 18.0 Å². The van der Waals surface area contributed by atoms with Crippen LogP contribution in [0.15, 0.2) is 0 Å². The number of nitrogens with two attached hydrogens (primary N) is 1. The number of aliphatic hydroxyl groups excluding tert-OH is 3. The fourth-order valence-corrected chi connectivity index (χ4v) is 2.85. The molecule has 0 aromatic heterocycles. The Morgan fingerprint density at radius 3 is 2.00 bits per heavy atom. The molecule has 0 amide bonds. The fourth-order valence-electron chi connectivity index (χ4n) is 2.85. The summed E-state index contributed by atoms with van der Waals surface area (Å²) < 4.78 is 11.5. The normalized spacial score (nSPS) is 33.1. The molecule has 2 aliphatic rings. The SMILES string of the molecule is CC1(C)O[C@@H]2[C@H](CCO)C[C@@H](N)[C@@H]2O1.O=C(O)C(O)C(O)C(=O)O. The van der Waals surface area contributed by atoms with E-state index in [1.165, 1.54) is 0 Å². The van der Waals surface area contributed by atoms with Gasteiger partial charge in [-0.25, -0.2) is 9.59 Å². The van der Waals surface area contributed by atoms with E-state index in [0.29, 0.717) is 5.92 Å². The Hall–Kier alpha value is -1.30. The van der Waals surface area contributed by atoms with Crippen LogP contribution in [-0.2, 0) is 19.1 Å². The average Bonchev–Trinajstić information content (AvgIpc) is 2.93. The number of carboxylic acid groups (broad SMARTS) is 2. The summed E-state index contributed by atoms with van der Waals surface area (Å²) in [5.74, 6) is -3.70. The fraction of sp³-hybridized carbons (Fsp3) is 0.857. The summed E-state index contributed by atoms with van der Waals surface area (Å²) in [4.78, 5) is 19.5. The van der Waals surface area contributed by atoms with Crippen LogP contribution in [0, 0.1) is 5.92 Å². The third kappa shape index (κ3) is 5.10. The first-order valence-electron chi connectivity index (χ1n) is 7.54. The van der Waals surface area contributed by atoms with E-state index in [-0.39, 0.29) is 24.9 Å². The van der Waals surface area contributed by atoms with E-state index in [1.807, 2.05) is 13.8 Å². The molecule has 2 rings (SSSR count). The molecule has 0 radical (unpaired) electrons. The van der Waals surface area contributed by atoms with Gasteiger partial charge in [0.2, 0.25) is 0 Å². The number of carboxylic acids is 2. The Balaban J connectivity index is 0.000000257. The molecule has 2 unspecified atom stereocenters. The molecule has 1 saturated carbocycles. The highest BCUT2D eigenvalue weighted by Gasteiger charge is 2.52. The second kappa shape index (κ2) is 8.19. The van der Waals surface area contributed by atoms with Gasteiger partial charge < -0.3 is 40.7 Å². The molecular weight excluding hydrogens is 326 g/mol. The third-order valence-electron chi connectivity index (χ3n) is 3.93. The summed E-state index contributed by atoms with van der Waals surface area (Å²) >= 11 is 0. The van der Waals surface area contributed by atoms with Crippen molar-refractivity contribution in [2.45, 2.75) is 62.9 Å². The minimum Gasteiger partial charge on any atom is -0.479 e. The molecule has 10 heteroatoms. The van der Waals surface area contributed by atoms with E-state index in [0.717, 1.165) is 12.8 Å². The molecule has 10 nitrogen and oxygen atoms in total. The molecule has 0 spiro atoms. The van der Waals surface area contributed by atoms with E-state index >= 15 is 0 Å². The third-order valence-corrected chi connectivity index (χ3v) is 3.93. The summed E-state index contributed by atoms with van der Waals surface area (Å²) in [7, 11) is 0. The van der Waals surface area contributed by atoms with E-state index in [2.05, 4.69) is 0 Å². The highest BCUT2D eigenvalue weighted by molar-refractivity contribution is 5.83. The summed E-state index contributed by atoms with van der Waals surface area (Å²) in [5, 5.41) is 41.5. The van der Waals surface area contributed by atoms with Crippen molar-refractivity contribution in [3.05, 3.63) is 0 Å². The highest BCUT2D eigenvalue weighted by Crippen LogP contribution is 2.41. The van der Waals surface area contributed by atoms with E-state index in [9.17, 15) is 9.59 Å². The molecule has 140 valence electrons. The standard InChI is InChI=1S/C10H19NO3.C4H6O6/c1-10(2)13-8-6(3-4-12)5-7(11)9(8)14-10;5-1(3(7)8)2(6)4(9)10/h6-9,12H,3-5,11H2,1-2H3;1-2,5-6H,(H,7,8)(H,9,10)/t6-,7-,8-,9+;/m1./s1. The molecule has 7 N–H and O–H groups in total. The van der Waals surface area contributed by atoms with Gasteiger partial charge in [-0.3, -0.25) is 0 Å². The molecule has 0 aromatic rings. The van der Waals surface area contributed by atoms with Crippen molar-refractivity contribution >= 4 is 11.9 Å². The zero-order chi connectivity index (χ0) is 18.7. The Bertz CT molecular complexity index is 438. The van der Waals surface area contributed by atoms with Gasteiger partial charge in [0, 0.05) is 12.6 Å². The molecule has 0 bridgehead atoms. The van der Waals surface area contributed by atoms with Crippen molar-refractivity contribution in [1.82, 2.24) is 0 Å². The number of ether oxygens (including phenoxy) is 2. The van der Waals surface area contributed by atoms with Gasteiger partial charge in [0.25, 0.3) is 0 Å². The van der Waals surface area contributed by atoms with Gasteiger partial charge in [-0.05, 0) is 32.6 Å². The number of fused-ring (bicyclic) bond motifs is 1. The van der Waals surface area contributed by atoms with E-state index < -0.39 is 29.9 Å². The Morgan fingerprint density at radius 1 is 1.12 bits per heavy atom. The van der Waals surface area contributed by atoms with Gasteiger partial charge in [0.1, 0.15) is 6.10 Å². The van der Waals surface area contributed by atoms with Gasteiger partial charge >= 0.3 is 11.9 Å². The molecule has 1 aliphatic heterocycles. The lowest BCUT2D eigenvalue weighted by Gasteiger charge is -2.22. The first-order valence-corrected chi connectivity index (χ1v) is 7.54. The first kappa shape index (κ1) is 20.7. The molecule has 6 atom stereocenters. The Labute approximate surface area is 138 Å². The van der Waals surface area contributed by atoms with Crippen molar-refractivity contribution < 1.29 is 44.6 Å². The number of aliphatic hydroxyl groups is 3. The lowest BCUT2D eigenvalue weighted by atomic mass is 10.0. The summed E-state index contributed by atoms with van der Waals surface area (Å²) in [5.41, 5.74) is 5.98. The monoisotopic (exact) mass is 351 g/mol. The second-order valence-electron chi connectivity index (χ2n) is 6.30. The average molecular weight is 351 g/mol. The molecule has 1 heterocycles. The minimum absolute atomic E-state index is 0.0153. The smallest absolute Gasteiger partial charge is 0.335 e. The Morgan fingerprint density at radius 2 is 1.58 bits per heavy atom. The van der Waals surface area contributed by atoms with Crippen LogP contribution in [0.5, 0.6) is 0 Å². The zero-order valence-electron chi connectivity index (χ0n) is 13.5. The van der Waals surface area contributed by atoms with Crippen LogP contribution < -0.4 is 5.73 Å². The van der Waals surface area contributed by atoms with Gasteiger partial charge in [0.05, 0.1) is 6.10 Å². The van der Waals surface area contributed by atoms with E-state index in [1.54, 1.807) is 0 Å². The molecule has 1 saturated heterocycles. The number of hydrogen-bond donors (Lipinski definition) is 6. The second-order valence-corrected chi connectivity index (χ2v) is 6.30. The largest absolute Gasteiger partial charge is 0.479 e. The highest BCUT2D eigenvalue weighted by atomic mass is 16.8. The molecule has 1 aliphatic carbocycles. The maximum absolute atomic E-state index is 9.77. The van der Waals surface area contributed by atoms with Gasteiger partial charge in [-0.15, -0.1) is 0 Å². The van der Waals surface area contributed by atoms with Crippen molar-refractivity contribution in [1.29, 1.82) is 0 Å². The summed E-state index contributed by atoms with van der Waals surface area (Å²) in [6.07, 6.45) is -2.79. The first-order chi connectivity index (χ1) is 11.0. The quantitative estimate of drug-likeness (QED) is 0.328. The molecular formula is C14H25NO9. The van der Waals surface area contributed by atoms with Crippen LogP contribution in [0.3, 0.4) is 0 Å². The zero-order valence-corrected chi connectivity index (χ0v) is 13.5. The van der Waals surface area contributed by atoms with Crippen LogP contribution in [0.25, 0.3) is 0 Å². The molecule has 24 heavy (non-hydrogen) atoms. The summed E-state index contributed by atoms with van der Waals surface area (Å²) in [6, 6.07) is 0.0540. The lowest BCUT2D eigenvalue weighted by molar-refractivity contribution is -0.165. The van der Waals surface area contributed by atoms with E-state index in [4.69, 9.17) is 40.7 Å². The predicted octanol–water partition coefficient (Wildman–Crippen LogP) is -1.89. The lowest BCUT2D eigenvalue weighted by Crippen LogP contribution is -2.39. The van der Waals surface area contributed by atoms with Crippen LogP contribution in [0.2, 0.25) is 0 Å². The van der Waals surface area contributed by atoms with Gasteiger partial charge in [-0.2, -0.15) is 0 Å². The molecule has 0 aromatic carbocycles. The van der Waals surface area contributed by atoms with Crippen molar-refractivity contribution in [3.63, 3.8) is 0 Å². The van der Waals surface area contributed by atoms with Crippen molar-refractivity contribution in [2.75, 3.05) is 6.61 Å². The van der Waals surface area contributed by atoms with Crippen LogP contribution in [-0.4, -0.2) is 80.3 Å². The van der Waals surface area contributed by atoms with Crippen LogP contribution in [0.4, 0.5) is 0 Å². The molecule has 2 fully saturated rings. The van der Waals surface area contributed by atoms with Gasteiger partial charge in [-0.1, -0.05) is 0 Å². The Kier molecular flexibility index (Phi) is 7.08. The number of hydrogen-bond acceptors (Lipinski definition) is 8. The van der Waals surface area contributed by atoms with Crippen LogP contribution in [0.1, 0.15) is 26.7 Å². The maximum Gasteiger partial charge on any atom is 0.335 e. The van der Waals surface area contributed by atoms with Crippen molar-refractivity contribution in [2.24, 2.45) is 11.7 Å². The number of carbonyl (C=O) groups is 2. The predicted molar refractivity (Wildman–Crippen MR) is 78.9 cm³/mol. The van der Waals surface area contributed by atoms with Crippen molar-refractivity contribution in [3.8, 4) is 0 Å². The van der Waals surface area contributed by atoms with Crippen LogP contribution >= 0.6 is 0 Å². The number of aliphatic carboxylic acids is 2. The minimum atomic E-state index is -2.27. The maximum atomic E-state index is 9.77. The topological polar surface area (TPSA) is 180 Å².